The van der Waals surface area contributed by atoms with E-state index in [1.807, 2.05) is 12.1 Å². The Bertz CT molecular complexity index is 898. The number of nitrogens with one attached hydrogen (secondary N) is 2. The van der Waals surface area contributed by atoms with Crippen LogP contribution in [0.1, 0.15) is 36.7 Å². The van der Waals surface area contributed by atoms with Gasteiger partial charge in [0, 0.05) is 41.8 Å². The smallest absolute Gasteiger partial charge is 0.221 e. The van der Waals surface area contributed by atoms with Crippen molar-refractivity contribution in [1.82, 2.24) is 9.88 Å². The van der Waals surface area contributed by atoms with E-state index in [4.69, 9.17) is 0 Å². The summed E-state index contributed by atoms with van der Waals surface area (Å²) in [4.78, 5) is 17.2. The highest BCUT2D eigenvalue weighted by molar-refractivity contribution is 5.93. The minimum absolute atomic E-state index is 0.0467. The average molecular weight is 349 g/mol. The monoisotopic (exact) mass is 349 g/mol. The van der Waals surface area contributed by atoms with Gasteiger partial charge in [-0.2, -0.15) is 0 Å². The van der Waals surface area contributed by atoms with Gasteiger partial charge in [0.15, 0.2) is 0 Å². The summed E-state index contributed by atoms with van der Waals surface area (Å²) in [5.41, 5.74) is 5.81. The van der Waals surface area contributed by atoms with Crippen molar-refractivity contribution < 1.29 is 4.79 Å². The topological polar surface area (TPSA) is 48.1 Å². The van der Waals surface area contributed by atoms with E-state index < -0.39 is 0 Å². The van der Waals surface area contributed by atoms with Crippen LogP contribution in [0.25, 0.3) is 10.9 Å². The molecule has 1 unspecified atom stereocenters. The van der Waals surface area contributed by atoms with Crippen LogP contribution >= 0.6 is 0 Å². The molecule has 1 heterocycles. The van der Waals surface area contributed by atoms with Crippen LogP contribution in [0.4, 0.5) is 5.69 Å². The van der Waals surface area contributed by atoms with E-state index in [2.05, 4.69) is 72.5 Å². The number of H-pyrrole nitrogens is 1. The number of benzene rings is 2. The van der Waals surface area contributed by atoms with Gasteiger partial charge in [0.25, 0.3) is 0 Å². The minimum atomic E-state index is -0.0467. The molecule has 0 bridgehead atoms. The molecule has 3 rings (SSSR count). The van der Waals surface area contributed by atoms with Crippen molar-refractivity contribution in [2.45, 2.75) is 33.2 Å². The number of hydrogen-bond donors (Lipinski definition) is 2. The highest BCUT2D eigenvalue weighted by Gasteiger charge is 2.14. The fourth-order valence-electron chi connectivity index (χ4n) is 3.45. The van der Waals surface area contributed by atoms with E-state index in [0.717, 1.165) is 24.2 Å². The molecule has 2 N–H and O–H groups in total. The fourth-order valence-corrected chi connectivity index (χ4v) is 3.45. The molecule has 4 heteroatoms. The lowest BCUT2D eigenvalue weighted by atomic mass is 10.0. The van der Waals surface area contributed by atoms with E-state index in [1.165, 1.54) is 29.1 Å². The summed E-state index contributed by atoms with van der Waals surface area (Å²) in [6.07, 6.45) is 0.961. The van der Waals surface area contributed by atoms with Crippen molar-refractivity contribution in [3.63, 3.8) is 0 Å². The molecular weight excluding hydrogens is 322 g/mol. The van der Waals surface area contributed by atoms with Crippen LogP contribution < -0.4 is 5.32 Å². The molecule has 0 saturated carbocycles. The molecule has 1 atom stereocenters. The number of hydrogen-bond acceptors (Lipinski definition) is 2. The van der Waals surface area contributed by atoms with Crippen LogP contribution in [0, 0.1) is 6.92 Å². The summed E-state index contributed by atoms with van der Waals surface area (Å²) in [5, 5.41) is 4.06. The van der Waals surface area contributed by atoms with Gasteiger partial charge in [0.05, 0.1) is 0 Å². The van der Waals surface area contributed by atoms with Gasteiger partial charge in [0.1, 0.15) is 0 Å². The van der Waals surface area contributed by atoms with E-state index >= 15 is 0 Å². The summed E-state index contributed by atoms with van der Waals surface area (Å²) >= 11 is 0. The van der Waals surface area contributed by atoms with Gasteiger partial charge in [-0.1, -0.05) is 30.3 Å². The zero-order valence-electron chi connectivity index (χ0n) is 16.0. The maximum Gasteiger partial charge on any atom is 0.221 e. The standard InChI is InChI=1S/C22H27N3O/c1-15-20(12-13-25(4)16(2)18-8-6-5-7-9-18)21-14-19(24-17(3)26)10-11-22(21)23-15/h5-11,14,16,23H,12-13H2,1-4H3,(H,24,26). The van der Waals surface area contributed by atoms with Gasteiger partial charge in [-0.15, -0.1) is 0 Å². The zero-order valence-corrected chi connectivity index (χ0v) is 16.0. The van der Waals surface area contributed by atoms with Gasteiger partial charge < -0.3 is 10.3 Å². The largest absolute Gasteiger partial charge is 0.358 e. The molecule has 4 nitrogen and oxygen atoms in total. The first-order valence-corrected chi connectivity index (χ1v) is 9.09. The minimum Gasteiger partial charge on any atom is -0.358 e. The number of fused-ring (bicyclic) bond motifs is 1. The third kappa shape index (κ3) is 3.97. The number of likely N-dealkylation sites (N-methyl/N-ethyl adjacent to an activating group) is 1. The first-order chi connectivity index (χ1) is 12.5. The summed E-state index contributed by atoms with van der Waals surface area (Å²) in [5.74, 6) is -0.0467. The Morgan fingerprint density at radius 2 is 1.92 bits per heavy atom. The maximum absolute atomic E-state index is 11.3. The molecule has 0 aliphatic rings. The lowest BCUT2D eigenvalue weighted by Gasteiger charge is -2.25. The van der Waals surface area contributed by atoms with Gasteiger partial charge in [0.2, 0.25) is 5.91 Å². The maximum atomic E-state index is 11.3. The Hall–Kier alpha value is -2.59. The number of aryl methyl sites for hydroxylation is 1. The number of carbonyl (C=O) groups excluding carboxylic acids is 1. The average Bonchev–Trinajstić information content (AvgIpc) is 2.94. The normalized spacial score (nSPS) is 12.5. The van der Waals surface area contributed by atoms with Crippen LogP contribution in [-0.4, -0.2) is 29.4 Å². The molecule has 1 aromatic heterocycles. The van der Waals surface area contributed by atoms with Crippen molar-refractivity contribution in [2.75, 3.05) is 18.9 Å². The molecule has 0 saturated heterocycles. The molecule has 0 aliphatic carbocycles. The molecule has 0 aliphatic heterocycles. The number of aromatic amines is 1. The van der Waals surface area contributed by atoms with Crippen LogP contribution in [0.3, 0.4) is 0 Å². The summed E-state index contributed by atoms with van der Waals surface area (Å²) in [7, 11) is 2.17. The third-order valence-electron chi connectivity index (χ3n) is 5.10. The number of anilines is 1. The second-order valence-electron chi connectivity index (χ2n) is 6.99. The fraction of sp³-hybridized carbons (Fsp3) is 0.318. The molecular formula is C22H27N3O. The first-order valence-electron chi connectivity index (χ1n) is 9.09. The van der Waals surface area contributed by atoms with Gasteiger partial charge >= 0.3 is 0 Å². The van der Waals surface area contributed by atoms with Crippen LogP contribution in [0.2, 0.25) is 0 Å². The molecule has 1 amide bonds. The van der Waals surface area contributed by atoms with Gasteiger partial charge in [-0.25, -0.2) is 0 Å². The predicted molar refractivity (Wildman–Crippen MR) is 109 cm³/mol. The predicted octanol–water partition coefficient (Wildman–Crippen LogP) is 4.67. The Labute approximate surface area is 155 Å². The van der Waals surface area contributed by atoms with E-state index in [-0.39, 0.29) is 5.91 Å². The Kier molecular flexibility index (Phi) is 5.43. The van der Waals surface area contributed by atoms with E-state index in [9.17, 15) is 4.79 Å². The number of aromatic nitrogens is 1. The highest BCUT2D eigenvalue weighted by atomic mass is 16.1. The molecule has 0 fully saturated rings. The van der Waals surface area contributed by atoms with Crippen molar-refractivity contribution in [3.05, 3.63) is 65.4 Å². The molecule has 0 spiro atoms. The van der Waals surface area contributed by atoms with E-state index in [0.29, 0.717) is 6.04 Å². The quantitative estimate of drug-likeness (QED) is 0.679. The summed E-state index contributed by atoms with van der Waals surface area (Å²) < 4.78 is 0. The SMILES string of the molecule is CC(=O)Nc1ccc2[nH]c(C)c(CCN(C)C(C)c3ccccc3)c2c1. The number of amides is 1. The Morgan fingerprint density at radius 3 is 2.62 bits per heavy atom. The molecule has 3 aromatic rings. The summed E-state index contributed by atoms with van der Waals surface area (Å²) in [6, 6.07) is 17.0. The first kappa shape index (κ1) is 18.2. The third-order valence-corrected chi connectivity index (χ3v) is 5.10. The van der Waals surface area contributed by atoms with Gasteiger partial charge in [-0.3, -0.25) is 9.69 Å². The van der Waals surface area contributed by atoms with Crippen molar-refractivity contribution in [2.24, 2.45) is 0 Å². The Morgan fingerprint density at radius 1 is 1.19 bits per heavy atom. The molecule has 26 heavy (non-hydrogen) atoms. The second-order valence-corrected chi connectivity index (χ2v) is 6.99. The lowest BCUT2D eigenvalue weighted by Crippen LogP contribution is -2.25. The van der Waals surface area contributed by atoms with Crippen molar-refractivity contribution >= 4 is 22.5 Å². The number of nitrogens with zero attached hydrogens (tertiary/aromatic N) is 1. The molecule has 2 aromatic carbocycles. The number of rotatable bonds is 6. The van der Waals surface area contributed by atoms with Crippen LogP contribution in [-0.2, 0) is 11.2 Å². The zero-order chi connectivity index (χ0) is 18.7. The number of carbonyl (C=O) groups is 1. The van der Waals surface area contributed by atoms with Crippen molar-refractivity contribution in [3.8, 4) is 0 Å². The second kappa shape index (κ2) is 7.75. The van der Waals surface area contributed by atoms with Crippen LogP contribution in [0.5, 0.6) is 0 Å². The van der Waals surface area contributed by atoms with Crippen LogP contribution in [0.15, 0.2) is 48.5 Å². The van der Waals surface area contributed by atoms with E-state index in [1.54, 1.807) is 0 Å². The summed E-state index contributed by atoms with van der Waals surface area (Å²) in [6.45, 7) is 6.86. The van der Waals surface area contributed by atoms with Gasteiger partial charge in [-0.05, 0) is 56.6 Å². The molecule has 0 radical (unpaired) electrons. The highest BCUT2D eigenvalue weighted by Crippen LogP contribution is 2.27. The lowest BCUT2D eigenvalue weighted by molar-refractivity contribution is -0.114. The van der Waals surface area contributed by atoms with Crippen molar-refractivity contribution in [1.29, 1.82) is 0 Å². The Balaban J connectivity index is 1.77. The molecule has 136 valence electrons.